The third-order valence-corrected chi connectivity index (χ3v) is 15.6. The Hall–Kier alpha value is -2.02. The smallest absolute Gasteiger partial charge is 0.407 e. The Morgan fingerprint density at radius 2 is 0.967 bits per heavy atom. The van der Waals surface area contributed by atoms with Crippen LogP contribution in [0.5, 0.6) is 0 Å². The molecule has 1 saturated carbocycles. The molecule has 0 radical (unpaired) electrons. The zero-order valence-corrected chi connectivity index (χ0v) is 39.3. The average Bonchev–Trinajstić information content (AvgIpc) is 3.12. The van der Waals surface area contributed by atoms with Gasteiger partial charge >= 0.3 is 18.3 Å². The largest absolute Gasteiger partial charge is 0.450 e. The highest BCUT2D eigenvalue weighted by Gasteiger charge is 2.54. The number of amides is 3. The van der Waals surface area contributed by atoms with Crippen LogP contribution in [-0.2, 0) is 33.2 Å². The van der Waals surface area contributed by atoms with Crippen LogP contribution in [-0.4, -0.2) is 203 Å². The maximum absolute atomic E-state index is 13.3. The highest BCUT2D eigenvalue weighted by Crippen LogP contribution is 2.33. The van der Waals surface area contributed by atoms with Crippen LogP contribution in [0.2, 0.25) is 77.1 Å². The summed E-state index contributed by atoms with van der Waals surface area (Å²) in [4.78, 5) is 39.4. The van der Waals surface area contributed by atoms with Crippen LogP contribution in [0.1, 0.15) is 6.42 Å². The number of nitrogens with one attached hydrogen (secondary N) is 3. The van der Waals surface area contributed by atoms with Crippen molar-refractivity contribution in [1.29, 1.82) is 0 Å². The number of carbonyl (C=O) groups is 3. The number of aliphatic hydroxyl groups is 7. The number of hydrogen-bond acceptors (Lipinski definition) is 18. The topological polar surface area (TPSA) is 320 Å². The molecule has 2 aliphatic heterocycles. The summed E-state index contributed by atoms with van der Waals surface area (Å²) in [5.74, 6) is 0. The van der Waals surface area contributed by atoms with Crippen molar-refractivity contribution in [2.45, 2.75) is 175 Å². The third kappa shape index (κ3) is 16.0. The lowest BCUT2D eigenvalue weighted by Crippen LogP contribution is -2.70. The molecule has 0 unspecified atom stereocenters. The summed E-state index contributed by atoms with van der Waals surface area (Å²) in [5.41, 5.74) is 5.74. The van der Waals surface area contributed by atoms with E-state index in [9.17, 15) is 50.1 Å². The molecule has 2 saturated heterocycles. The second kappa shape index (κ2) is 22.6. The Balaban J connectivity index is 1.99. The van der Waals surface area contributed by atoms with Gasteiger partial charge in [-0.05, 0) is 24.6 Å². The summed E-state index contributed by atoms with van der Waals surface area (Å²) in [6, 6.07) is -2.08. The number of nitrogens with two attached hydrogens (primary N) is 1. The number of aliphatic hydroxyl groups excluding tert-OH is 7. The van der Waals surface area contributed by atoms with Gasteiger partial charge in [0.1, 0.15) is 61.0 Å². The van der Waals surface area contributed by atoms with Crippen molar-refractivity contribution in [3.05, 3.63) is 0 Å². The van der Waals surface area contributed by atoms with Crippen LogP contribution in [0.4, 0.5) is 14.4 Å². The monoisotopic (exact) mass is 916 g/mol. The molecule has 60 heavy (non-hydrogen) atoms. The van der Waals surface area contributed by atoms with Crippen molar-refractivity contribution in [3.8, 4) is 0 Å². The maximum Gasteiger partial charge on any atom is 0.407 e. The van der Waals surface area contributed by atoms with Gasteiger partial charge in [0.25, 0.3) is 0 Å². The van der Waals surface area contributed by atoms with E-state index in [4.69, 9.17) is 38.9 Å². The molecule has 0 aromatic heterocycles. The standard InChI is InChI=1S/C36H72N4O17Si3/c1-58(2,3)13-10-51-34(48)38-19-16-20(39-35(49)52-11-14-59(4,5)6)31(57-33-28(46)27(45)25(43)21(17-37)54-33)29(47)30(19)56-32-26(44)23(24(42)22(18-41)55-32)40-36(50)53-12-15-60(7,8)9/h19-33,41-47H,10-18,37H2,1-9H3,(H,38,48)(H,39,49)(H,40,50)/t19-,20+,21-,22-,23+,24-,25-,26-,27+,28-,29-,30+,31+,32+,33+/m1/s1. The molecule has 0 aromatic carbocycles. The first-order chi connectivity index (χ1) is 27.7. The zero-order chi connectivity index (χ0) is 45.3. The van der Waals surface area contributed by atoms with Crippen molar-refractivity contribution >= 4 is 42.5 Å². The van der Waals surface area contributed by atoms with Crippen LogP contribution < -0.4 is 21.7 Å². The minimum absolute atomic E-state index is 0.0779. The minimum atomic E-state index is -1.90. The molecule has 3 amide bonds. The number of carbonyl (C=O) groups excluding carboxylic acids is 3. The van der Waals surface area contributed by atoms with Crippen LogP contribution >= 0.6 is 0 Å². The molecule has 0 bridgehead atoms. The lowest BCUT2D eigenvalue weighted by Gasteiger charge is -2.49. The molecular weight excluding hydrogens is 845 g/mol. The van der Waals surface area contributed by atoms with E-state index in [1.165, 1.54) is 0 Å². The van der Waals surface area contributed by atoms with Gasteiger partial charge in [-0.25, -0.2) is 14.4 Å². The number of alkyl carbamates (subject to hydrolysis) is 3. The average molecular weight is 917 g/mol. The fraction of sp³-hybridized carbons (Fsp3) is 0.917. The Morgan fingerprint density at radius 1 is 0.567 bits per heavy atom. The summed E-state index contributed by atoms with van der Waals surface area (Å²) < 4.78 is 40.0. The Labute approximate surface area is 354 Å². The van der Waals surface area contributed by atoms with Gasteiger partial charge in [-0.1, -0.05) is 58.9 Å². The van der Waals surface area contributed by atoms with Crippen molar-refractivity contribution < 1.29 is 83.3 Å². The summed E-state index contributed by atoms with van der Waals surface area (Å²) >= 11 is 0. The molecule has 0 aromatic rings. The van der Waals surface area contributed by atoms with E-state index in [0.717, 1.165) is 0 Å². The lowest BCUT2D eigenvalue weighted by molar-refractivity contribution is -0.333. The summed E-state index contributed by atoms with van der Waals surface area (Å²) in [6.07, 6.45) is -23.0. The van der Waals surface area contributed by atoms with Crippen LogP contribution in [0.3, 0.4) is 0 Å². The van der Waals surface area contributed by atoms with Crippen molar-refractivity contribution in [3.63, 3.8) is 0 Å². The van der Waals surface area contributed by atoms with Crippen LogP contribution in [0.15, 0.2) is 0 Å². The quantitative estimate of drug-likeness (QED) is 0.0582. The summed E-state index contributed by atoms with van der Waals surface area (Å²) in [6.45, 7) is 18.0. The van der Waals surface area contributed by atoms with Gasteiger partial charge in [-0.2, -0.15) is 0 Å². The van der Waals surface area contributed by atoms with E-state index in [-0.39, 0.29) is 32.8 Å². The molecule has 0 spiro atoms. The van der Waals surface area contributed by atoms with Crippen LogP contribution in [0.25, 0.3) is 0 Å². The Bertz CT molecular complexity index is 1370. The Kier molecular flexibility index (Phi) is 19.7. The van der Waals surface area contributed by atoms with E-state index >= 15 is 0 Å². The minimum Gasteiger partial charge on any atom is -0.450 e. The predicted octanol–water partition coefficient (Wildman–Crippen LogP) is -0.974. The molecular formula is C36H72N4O17Si3. The number of hydrogen-bond donors (Lipinski definition) is 11. The predicted molar refractivity (Wildman–Crippen MR) is 223 cm³/mol. The first-order valence-corrected chi connectivity index (χ1v) is 31.7. The lowest BCUT2D eigenvalue weighted by atomic mass is 9.83. The highest BCUT2D eigenvalue weighted by atomic mass is 28.3. The normalized spacial score (nSPS) is 35.2. The molecule has 15 atom stereocenters. The van der Waals surface area contributed by atoms with E-state index < -0.39 is 141 Å². The second-order valence-electron chi connectivity index (χ2n) is 19.4. The van der Waals surface area contributed by atoms with E-state index in [1.54, 1.807) is 0 Å². The van der Waals surface area contributed by atoms with E-state index in [2.05, 4.69) is 74.9 Å². The molecule has 3 fully saturated rings. The van der Waals surface area contributed by atoms with E-state index in [0.29, 0.717) is 18.1 Å². The molecule has 3 rings (SSSR count). The number of ether oxygens (including phenoxy) is 7. The van der Waals surface area contributed by atoms with Gasteiger partial charge in [-0.3, -0.25) is 0 Å². The third-order valence-electron chi connectivity index (χ3n) is 10.5. The SMILES string of the molecule is C[Si](C)(C)CCOC(=O)N[C@@H]1[C@@H](O)[C@H](O[C@@H]2[C@@H](O)[C@@H](O[C@@H]3O[C@H](CN)[C@@H](O)[C@H](O)[C@H]3O)[C@@H](NC(=O)OCC[Si](C)(C)C)C[C@H]2NC(=O)OCC[Si](C)(C)C)O[C@H](CO)[C@H]1O. The summed E-state index contributed by atoms with van der Waals surface area (Å²) in [5, 5.41) is 84.5. The van der Waals surface area contributed by atoms with Gasteiger partial charge < -0.3 is 90.6 Å². The molecule has 350 valence electrons. The van der Waals surface area contributed by atoms with Gasteiger partial charge in [0, 0.05) is 30.8 Å². The summed E-state index contributed by atoms with van der Waals surface area (Å²) in [7, 11) is -4.85. The molecule has 1 aliphatic carbocycles. The molecule has 2 heterocycles. The van der Waals surface area contributed by atoms with Gasteiger partial charge in [0.05, 0.1) is 44.6 Å². The van der Waals surface area contributed by atoms with Crippen molar-refractivity contribution in [1.82, 2.24) is 16.0 Å². The highest BCUT2D eigenvalue weighted by molar-refractivity contribution is 6.76. The zero-order valence-electron chi connectivity index (χ0n) is 36.3. The Morgan fingerprint density at radius 3 is 1.37 bits per heavy atom. The van der Waals surface area contributed by atoms with Crippen molar-refractivity contribution in [2.75, 3.05) is 33.0 Å². The van der Waals surface area contributed by atoms with Crippen LogP contribution in [0, 0.1) is 0 Å². The van der Waals surface area contributed by atoms with Gasteiger partial charge in [-0.15, -0.1) is 0 Å². The van der Waals surface area contributed by atoms with Gasteiger partial charge in [0.15, 0.2) is 12.6 Å². The molecule has 21 nitrogen and oxygen atoms in total. The fourth-order valence-electron chi connectivity index (χ4n) is 6.65. The van der Waals surface area contributed by atoms with E-state index in [1.807, 2.05) is 0 Å². The maximum atomic E-state index is 13.3. The van der Waals surface area contributed by atoms with Crippen molar-refractivity contribution in [2.24, 2.45) is 5.73 Å². The first-order valence-electron chi connectivity index (χ1n) is 20.6. The second-order valence-corrected chi connectivity index (χ2v) is 36.3. The first kappa shape index (κ1) is 52.3. The molecule has 3 aliphatic rings. The fourth-order valence-corrected chi connectivity index (χ4v) is 8.80. The number of rotatable bonds is 18. The molecule has 12 N–H and O–H groups in total. The van der Waals surface area contributed by atoms with Gasteiger partial charge in [0.2, 0.25) is 0 Å². The molecule has 24 heteroatoms.